The van der Waals surface area contributed by atoms with Crippen LogP contribution in [0.4, 0.5) is 10.7 Å². The van der Waals surface area contributed by atoms with Crippen LogP contribution in [0.2, 0.25) is 0 Å². The van der Waals surface area contributed by atoms with Crippen LogP contribution in [-0.4, -0.2) is 61.6 Å². The van der Waals surface area contributed by atoms with E-state index in [1.807, 2.05) is 70.1 Å². The van der Waals surface area contributed by atoms with Crippen LogP contribution in [0.5, 0.6) is 0 Å². The van der Waals surface area contributed by atoms with Crippen molar-refractivity contribution < 1.29 is 14.6 Å². The SMILES string of the molecule is O=C(O)N1CCN(c2nc3cnn(COCc4ccccc4)c(=O)c3n2Cc2ccccc2)CC1. The van der Waals surface area contributed by atoms with Crippen molar-refractivity contribution in [3.63, 3.8) is 0 Å². The monoisotopic (exact) mass is 474 g/mol. The highest BCUT2D eigenvalue weighted by Crippen LogP contribution is 2.23. The lowest BCUT2D eigenvalue weighted by atomic mass is 10.2. The number of carbonyl (C=O) groups is 1. The van der Waals surface area contributed by atoms with E-state index in [-0.39, 0.29) is 12.3 Å². The molecule has 10 nitrogen and oxygen atoms in total. The van der Waals surface area contributed by atoms with Crippen LogP contribution in [-0.2, 0) is 24.6 Å². The summed E-state index contributed by atoms with van der Waals surface area (Å²) in [6, 6.07) is 19.6. The number of benzene rings is 2. The lowest BCUT2D eigenvalue weighted by molar-refractivity contribution is 0.0532. The molecule has 10 heteroatoms. The molecule has 2 aromatic carbocycles. The van der Waals surface area contributed by atoms with Crippen molar-refractivity contribution in [2.45, 2.75) is 19.9 Å². The quantitative estimate of drug-likeness (QED) is 0.439. The Morgan fingerprint density at radius 2 is 1.60 bits per heavy atom. The Morgan fingerprint density at radius 1 is 0.943 bits per heavy atom. The van der Waals surface area contributed by atoms with Gasteiger partial charge in [0.05, 0.1) is 19.3 Å². The molecule has 0 unspecified atom stereocenters. The van der Waals surface area contributed by atoms with Crippen LogP contribution in [0, 0.1) is 0 Å². The van der Waals surface area contributed by atoms with E-state index in [9.17, 15) is 14.7 Å². The Kier molecular flexibility index (Phi) is 6.44. The van der Waals surface area contributed by atoms with Gasteiger partial charge in [0, 0.05) is 26.2 Å². The van der Waals surface area contributed by atoms with E-state index >= 15 is 0 Å². The van der Waals surface area contributed by atoms with Crippen LogP contribution in [0.3, 0.4) is 0 Å². The fraction of sp³-hybridized carbons (Fsp3) is 0.280. The lowest BCUT2D eigenvalue weighted by Crippen LogP contribution is -2.49. The van der Waals surface area contributed by atoms with Crippen molar-refractivity contribution in [3.05, 3.63) is 88.3 Å². The first-order valence-corrected chi connectivity index (χ1v) is 11.4. The van der Waals surface area contributed by atoms with E-state index in [1.165, 1.54) is 9.58 Å². The molecule has 1 aliphatic heterocycles. The summed E-state index contributed by atoms with van der Waals surface area (Å²) < 4.78 is 8.96. The zero-order valence-corrected chi connectivity index (χ0v) is 19.2. The van der Waals surface area contributed by atoms with Crippen molar-refractivity contribution in [3.8, 4) is 0 Å². The molecule has 1 saturated heterocycles. The van der Waals surface area contributed by atoms with Crippen LogP contribution < -0.4 is 10.5 Å². The Balaban J connectivity index is 1.47. The molecular weight excluding hydrogens is 448 g/mol. The van der Waals surface area contributed by atoms with Crippen molar-refractivity contribution in [1.82, 2.24) is 24.2 Å². The van der Waals surface area contributed by atoms with Gasteiger partial charge in [0.1, 0.15) is 17.8 Å². The van der Waals surface area contributed by atoms with Gasteiger partial charge in [-0.15, -0.1) is 0 Å². The number of nitrogens with zero attached hydrogens (tertiary/aromatic N) is 6. The summed E-state index contributed by atoms with van der Waals surface area (Å²) in [6.07, 6.45) is 0.659. The predicted molar refractivity (Wildman–Crippen MR) is 130 cm³/mol. The van der Waals surface area contributed by atoms with Gasteiger partial charge in [0.15, 0.2) is 0 Å². The molecule has 1 fully saturated rings. The third-order valence-corrected chi connectivity index (χ3v) is 6.07. The fourth-order valence-electron chi connectivity index (χ4n) is 4.24. The number of aromatic nitrogens is 4. The zero-order valence-electron chi connectivity index (χ0n) is 19.2. The second-order valence-corrected chi connectivity index (χ2v) is 8.39. The number of hydrogen-bond donors (Lipinski definition) is 1. The highest BCUT2D eigenvalue weighted by Gasteiger charge is 2.26. The first-order chi connectivity index (χ1) is 17.1. The maximum absolute atomic E-state index is 13.5. The highest BCUT2D eigenvalue weighted by molar-refractivity contribution is 5.77. The van der Waals surface area contributed by atoms with Gasteiger partial charge in [-0.1, -0.05) is 60.7 Å². The summed E-state index contributed by atoms with van der Waals surface area (Å²) in [5.74, 6) is 0.635. The van der Waals surface area contributed by atoms with Crippen LogP contribution in [0.25, 0.3) is 11.0 Å². The second-order valence-electron chi connectivity index (χ2n) is 8.39. The normalized spacial score (nSPS) is 13.9. The number of piperazine rings is 1. The summed E-state index contributed by atoms with van der Waals surface area (Å²) >= 11 is 0. The molecule has 4 aromatic rings. The van der Waals surface area contributed by atoms with Gasteiger partial charge in [0.25, 0.3) is 5.56 Å². The van der Waals surface area contributed by atoms with Gasteiger partial charge in [-0.25, -0.2) is 14.5 Å². The zero-order chi connectivity index (χ0) is 24.2. The molecule has 35 heavy (non-hydrogen) atoms. The van der Waals surface area contributed by atoms with Crippen molar-refractivity contribution >= 4 is 23.1 Å². The summed E-state index contributed by atoms with van der Waals surface area (Å²) in [6.45, 7) is 2.58. The van der Waals surface area contributed by atoms with Gasteiger partial charge < -0.3 is 24.2 Å². The van der Waals surface area contributed by atoms with E-state index in [0.717, 1.165) is 11.1 Å². The largest absolute Gasteiger partial charge is 0.465 e. The Hall–Kier alpha value is -4.18. The number of imidazole rings is 1. The molecule has 1 aliphatic rings. The third kappa shape index (κ3) is 4.87. The number of amides is 1. The molecule has 180 valence electrons. The van der Waals surface area contributed by atoms with Crippen molar-refractivity contribution in [1.29, 1.82) is 0 Å². The van der Waals surface area contributed by atoms with Gasteiger partial charge in [-0.3, -0.25) is 4.79 Å². The minimum atomic E-state index is -0.926. The van der Waals surface area contributed by atoms with E-state index in [1.54, 1.807) is 6.20 Å². The molecule has 0 atom stereocenters. The average molecular weight is 475 g/mol. The lowest BCUT2D eigenvalue weighted by Gasteiger charge is -2.34. The van der Waals surface area contributed by atoms with Crippen molar-refractivity contribution in [2.75, 3.05) is 31.1 Å². The van der Waals surface area contributed by atoms with Gasteiger partial charge in [0.2, 0.25) is 5.95 Å². The maximum atomic E-state index is 13.5. The number of ether oxygens (including phenoxy) is 1. The van der Waals surface area contributed by atoms with Gasteiger partial charge in [-0.2, -0.15) is 5.10 Å². The van der Waals surface area contributed by atoms with Crippen molar-refractivity contribution in [2.24, 2.45) is 0 Å². The minimum Gasteiger partial charge on any atom is -0.465 e. The number of rotatable bonds is 7. The molecule has 0 aliphatic carbocycles. The predicted octanol–water partition coefficient (Wildman–Crippen LogP) is 2.62. The Labute approximate surface area is 201 Å². The first kappa shape index (κ1) is 22.6. The molecule has 1 amide bonds. The summed E-state index contributed by atoms with van der Waals surface area (Å²) in [4.78, 5) is 33.0. The molecule has 1 N–H and O–H groups in total. The third-order valence-electron chi connectivity index (χ3n) is 6.07. The summed E-state index contributed by atoms with van der Waals surface area (Å²) in [7, 11) is 0. The van der Waals surface area contributed by atoms with E-state index < -0.39 is 6.09 Å². The Bertz CT molecular complexity index is 1360. The smallest absolute Gasteiger partial charge is 0.407 e. The molecule has 0 bridgehead atoms. The average Bonchev–Trinajstić information content (AvgIpc) is 3.25. The van der Waals surface area contributed by atoms with E-state index in [4.69, 9.17) is 9.72 Å². The first-order valence-electron chi connectivity index (χ1n) is 11.4. The molecule has 0 spiro atoms. The number of carboxylic acid groups (broad SMARTS) is 1. The van der Waals surface area contributed by atoms with E-state index in [0.29, 0.717) is 56.3 Å². The number of hydrogen-bond acceptors (Lipinski definition) is 6. The molecule has 5 rings (SSSR count). The molecule has 3 heterocycles. The molecular formula is C25H26N6O4. The van der Waals surface area contributed by atoms with Crippen LogP contribution in [0.15, 0.2) is 71.7 Å². The Morgan fingerprint density at radius 3 is 2.26 bits per heavy atom. The minimum absolute atomic E-state index is 0.0206. The van der Waals surface area contributed by atoms with Crippen LogP contribution in [0.1, 0.15) is 11.1 Å². The molecule has 0 radical (unpaired) electrons. The fourth-order valence-corrected chi connectivity index (χ4v) is 4.24. The highest BCUT2D eigenvalue weighted by atomic mass is 16.5. The summed E-state index contributed by atoms with van der Waals surface area (Å²) in [5.41, 5.74) is 2.71. The van der Waals surface area contributed by atoms with E-state index in [2.05, 4.69) is 5.10 Å². The standard InChI is InChI=1S/C25H26N6O4/c32-23-22-21(15-26-31(23)18-35-17-20-9-5-2-6-10-20)27-24(28-11-13-29(14-12-28)25(33)34)30(22)16-19-7-3-1-4-8-19/h1-10,15H,11-14,16-18H2,(H,33,34). The van der Waals surface area contributed by atoms with Gasteiger partial charge in [-0.05, 0) is 11.1 Å². The molecule has 2 aromatic heterocycles. The maximum Gasteiger partial charge on any atom is 0.407 e. The van der Waals surface area contributed by atoms with Gasteiger partial charge >= 0.3 is 6.09 Å². The number of fused-ring (bicyclic) bond motifs is 1. The van der Waals surface area contributed by atoms with Crippen LogP contribution >= 0.6 is 0 Å². The topological polar surface area (TPSA) is 106 Å². The number of anilines is 1. The second kappa shape index (κ2) is 9.98. The molecule has 0 saturated carbocycles. The summed E-state index contributed by atoms with van der Waals surface area (Å²) in [5, 5.41) is 13.6.